The summed E-state index contributed by atoms with van der Waals surface area (Å²) in [6, 6.07) is 6.15. The molecule has 0 N–H and O–H groups in total. The molecule has 0 spiro atoms. The van der Waals surface area contributed by atoms with Gasteiger partial charge in [0.05, 0.1) is 0 Å². The molecule has 2 nitrogen and oxygen atoms in total. The Bertz CT molecular complexity index is 349. The van der Waals surface area contributed by atoms with Crippen molar-refractivity contribution in [2.24, 2.45) is 0 Å². The molecule has 0 heterocycles. The van der Waals surface area contributed by atoms with Crippen molar-refractivity contribution in [3.63, 3.8) is 0 Å². The zero-order chi connectivity index (χ0) is 12.2. The molecule has 0 fully saturated rings. The second-order valence-electron chi connectivity index (χ2n) is 4.71. The van der Waals surface area contributed by atoms with E-state index in [1.807, 2.05) is 20.8 Å². The van der Waals surface area contributed by atoms with Crippen molar-refractivity contribution in [2.45, 2.75) is 39.2 Å². The summed E-state index contributed by atoms with van der Waals surface area (Å²) in [4.78, 5) is 11.4. The van der Waals surface area contributed by atoms with Gasteiger partial charge >= 0.3 is 5.97 Å². The Labute approximate surface area is 95.4 Å². The first-order chi connectivity index (χ1) is 7.37. The fourth-order valence-electron chi connectivity index (χ4n) is 1.29. The minimum Gasteiger partial charge on any atom is -0.460 e. The number of esters is 1. The van der Waals surface area contributed by atoms with E-state index in [2.05, 4.69) is 0 Å². The lowest BCUT2D eigenvalue weighted by Gasteiger charge is -2.19. The highest BCUT2D eigenvalue weighted by molar-refractivity contribution is 5.70. The molecule has 0 radical (unpaired) electrons. The van der Waals surface area contributed by atoms with E-state index >= 15 is 0 Å². The lowest BCUT2D eigenvalue weighted by atomic mass is 10.1. The van der Waals surface area contributed by atoms with E-state index in [1.165, 1.54) is 12.1 Å². The molecule has 1 aromatic rings. The van der Waals surface area contributed by atoms with Gasteiger partial charge in [-0.15, -0.1) is 0 Å². The first-order valence-electron chi connectivity index (χ1n) is 5.33. The Morgan fingerprint density at radius 2 is 1.81 bits per heavy atom. The fourth-order valence-corrected chi connectivity index (χ4v) is 1.29. The van der Waals surface area contributed by atoms with Crippen LogP contribution in [0, 0.1) is 5.82 Å². The van der Waals surface area contributed by atoms with Gasteiger partial charge in [0.1, 0.15) is 11.4 Å². The number of hydrogen-bond donors (Lipinski definition) is 0. The summed E-state index contributed by atoms with van der Waals surface area (Å²) in [6.45, 7) is 5.51. The van der Waals surface area contributed by atoms with Crippen LogP contribution in [-0.2, 0) is 16.0 Å². The van der Waals surface area contributed by atoms with E-state index < -0.39 is 5.60 Å². The molecule has 0 atom stereocenters. The van der Waals surface area contributed by atoms with Gasteiger partial charge in [0.2, 0.25) is 0 Å². The van der Waals surface area contributed by atoms with Crippen LogP contribution in [0.2, 0.25) is 0 Å². The van der Waals surface area contributed by atoms with Gasteiger partial charge in [-0.3, -0.25) is 4.79 Å². The highest BCUT2D eigenvalue weighted by Crippen LogP contribution is 2.11. The van der Waals surface area contributed by atoms with Crippen molar-refractivity contribution in [1.29, 1.82) is 0 Å². The number of benzene rings is 1. The lowest BCUT2D eigenvalue weighted by Crippen LogP contribution is -2.23. The molecule has 0 unspecified atom stereocenters. The number of carbonyl (C=O) groups is 1. The van der Waals surface area contributed by atoms with E-state index in [0.29, 0.717) is 12.8 Å². The molecule has 0 aliphatic rings. The molecule has 0 amide bonds. The highest BCUT2D eigenvalue weighted by atomic mass is 19.1. The maximum Gasteiger partial charge on any atom is 0.306 e. The Kier molecular flexibility index (Phi) is 4.05. The van der Waals surface area contributed by atoms with Crippen molar-refractivity contribution in [1.82, 2.24) is 0 Å². The van der Waals surface area contributed by atoms with Gasteiger partial charge in [0.15, 0.2) is 0 Å². The summed E-state index contributed by atoms with van der Waals surface area (Å²) in [5.41, 5.74) is 0.493. The number of halogens is 1. The predicted molar refractivity (Wildman–Crippen MR) is 60.6 cm³/mol. The molecular formula is C13H17FO2. The monoisotopic (exact) mass is 224 g/mol. The number of hydrogen-bond acceptors (Lipinski definition) is 2. The van der Waals surface area contributed by atoms with Crippen LogP contribution in [0.5, 0.6) is 0 Å². The van der Waals surface area contributed by atoms with Gasteiger partial charge in [0.25, 0.3) is 0 Å². The molecule has 0 saturated carbocycles. The third-order valence-corrected chi connectivity index (χ3v) is 1.95. The first kappa shape index (κ1) is 12.7. The van der Waals surface area contributed by atoms with Crippen molar-refractivity contribution < 1.29 is 13.9 Å². The minimum atomic E-state index is -0.445. The number of carbonyl (C=O) groups excluding carboxylic acids is 1. The van der Waals surface area contributed by atoms with Gasteiger partial charge in [0, 0.05) is 6.42 Å². The highest BCUT2D eigenvalue weighted by Gasteiger charge is 2.15. The summed E-state index contributed by atoms with van der Waals surface area (Å²) in [5, 5.41) is 0. The quantitative estimate of drug-likeness (QED) is 0.737. The van der Waals surface area contributed by atoms with Gasteiger partial charge in [-0.1, -0.05) is 12.1 Å². The lowest BCUT2D eigenvalue weighted by molar-refractivity contribution is -0.154. The predicted octanol–water partition coefficient (Wildman–Crippen LogP) is 3.10. The molecule has 1 rings (SSSR count). The third kappa shape index (κ3) is 4.91. The molecule has 0 aliphatic carbocycles. The smallest absolute Gasteiger partial charge is 0.306 e. The van der Waals surface area contributed by atoms with Crippen LogP contribution in [0.15, 0.2) is 24.3 Å². The van der Waals surface area contributed by atoms with E-state index in [-0.39, 0.29) is 11.8 Å². The van der Waals surface area contributed by atoms with Crippen molar-refractivity contribution in [3.8, 4) is 0 Å². The SMILES string of the molecule is CC(C)(C)OC(=O)CCc1ccc(F)cc1. The van der Waals surface area contributed by atoms with Crippen LogP contribution < -0.4 is 0 Å². The normalized spacial score (nSPS) is 11.2. The molecule has 0 aromatic heterocycles. The average molecular weight is 224 g/mol. The van der Waals surface area contributed by atoms with Crippen LogP contribution in [0.25, 0.3) is 0 Å². The molecule has 1 aromatic carbocycles. The number of ether oxygens (including phenoxy) is 1. The maximum atomic E-state index is 12.6. The van der Waals surface area contributed by atoms with Crippen LogP contribution in [0.3, 0.4) is 0 Å². The van der Waals surface area contributed by atoms with Crippen LogP contribution in [0.1, 0.15) is 32.8 Å². The third-order valence-electron chi connectivity index (χ3n) is 1.95. The zero-order valence-corrected chi connectivity index (χ0v) is 9.92. The maximum absolute atomic E-state index is 12.6. The Hall–Kier alpha value is -1.38. The molecule has 3 heteroatoms. The topological polar surface area (TPSA) is 26.3 Å². The van der Waals surface area contributed by atoms with Crippen LogP contribution >= 0.6 is 0 Å². The van der Waals surface area contributed by atoms with E-state index in [4.69, 9.17) is 4.74 Å². The number of rotatable bonds is 3. The molecule has 16 heavy (non-hydrogen) atoms. The first-order valence-corrected chi connectivity index (χ1v) is 5.33. The summed E-state index contributed by atoms with van der Waals surface area (Å²) >= 11 is 0. The molecule has 88 valence electrons. The molecule has 0 aliphatic heterocycles. The summed E-state index contributed by atoms with van der Waals surface area (Å²) in [5.74, 6) is -0.488. The van der Waals surface area contributed by atoms with Crippen LogP contribution in [-0.4, -0.2) is 11.6 Å². The summed E-state index contributed by atoms with van der Waals surface area (Å²) in [6.07, 6.45) is 0.901. The summed E-state index contributed by atoms with van der Waals surface area (Å²) in [7, 11) is 0. The van der Waals surface area contributed by atoms with Gasteiger partial charge in [-0.05, 0) is 44.9 Å². The minimum absolute atomic E-state index is 0.225. The van der Waals surface area contributed by atoms with E-state index in [9.17, 15) is 9.18 Å². The molecule has 0 saturated heterocycles. The van der Waals surface area contributed by atoms with Crippen molar-refractivity contribution in [2.75, 3.05) is 0 Å². The van der Waals surface area contributed by atoms with E-state index in [0.717, 1.165) is 5.56 Å². The van der Waals surface area contributed by atoms with Crippen molar-refractivity contribution >= 4 is 5.97 Å². The Morgan fingerprint density at radius 1 is 1.25 bits per heavy atom. The van der Waals surface area contributed by atoms with Crippen LogP contribution in [0.4, 0.5) is 4.39 Å². The standard InChI is InChI=1S/C13H17FO2/c1-13(2,3)16-12(15)9-6-10-4-7-11(14)8-5-10/h4-5,7-8H,6,9H2,1-3H3. The van der Waals surface area contributed by atoms with Crippen molar-refractivity contribution in [3.05, 3.63) is 35.6 Å². The molecular weight excluding hydrogens is 207 g/mol. The Balaban J connectivity index is 2.40. The second kappa shape index (κ2) is 5.10. The summed E-state index contributed by atoms with van der Waals surface area (Å²) < 4.78 is 17.8. The average Bonchev–Trinajstić information content (AvgIpc) is 2.14. The number of aryl methyl sites for hydroxylation is 1. The van der Waals surface area contributed by atoms with Gasteiger partial charge in [-0.2, -0.15) is 0 Å². The fraction of sp³-hybridized carbons (Fsp3) is 0.462. The van der Waals surface area contributed by atoms with Gasteiger partial charge < -0.3 is 4.74 Å². The van der Waals surface area contributed by atoms with E-state index in [1.54, 1.807) is 12.1 Å². The second-order valence-corrected chi connectivity index (χ2v) is 4.71. The Morgan fingerprint density at radius 3 is 2.31 bits per heavy atom. The van der Waals surface area contributed by atoms with Gasteiger partial charge in [-0.25, -0.2) is 4.39 Å². The molecule has 0 bridgehead atoms. The largest absolute Gasteiger partial charge is 0.460 e. The zero-order valence-electron chi connectivity index (χ0n) is 9.92.